The van der Waals surface area contributed by atoms with E-state index >= 15 is 0 Å². The number of rotatable bonds is 2. The highest BCUT2D eigenvalue weighted by atomic mass is 35.5. The Morgan fingerprint density at radius 3 is 2.65 bits per heavy atom. The first-order chi connectivity index (χ1) is 9.59. The van der Waals surface area contributed by atoms with Gasteiger partial charge in [0.25, 0.3) is 0 Å². The minimum Gasteiger partial charge on any atom is -0.398 e. The Morgan fingerprint density at radius 1 is 1.15 bits per heavy atom. The van der Waals surface area contributed by atoms with Crippen molar-refractivity contribution < 1.29 is 4.79 Å². The molecule has 0 saturated carbocycles. The summed E-state index contributed by atoms with van der Waals surface area (Å²) >= 11 is 6.12. The predicted octanol–water partition coefficient (Wildman–Crippen LogP) is 3.64. The minimum atomic E-state index is -0.148. The maximum atomic E-state index is 12.7. The van der Waals surface area contributed by atoms with Gasteiger partial charge in [-0.05, 0) is 18.2 Å². The molecular weight excluding hydrogens is 272 g/mol. The van der Waals surface area contributed by atoms with Crippen LogP contribution in [0.5, 0.6) is 0 Å². The number of benzene rings is 2. The van der Waals surface area contributed by atoms with E-state index in [1.54, 1.807) is 18.2 Å². The van der Waals surface area contributed by atoms with Crippen molar-refractivity contribution in [3.05, 3.63) is 64.8 Å². The SMILES string of the molecule is Cn1cc(C(=O)c2c(N)cccc2Cl)c2ccccc21. The summed E-state index contributed by atoms with van der Waals surface area (Å²) in [6.07, 6.45) is 1.82. The number of aromatic nitrogens is 1. The molecule has 0 spiro atoms. The molecule has 0 aliphatic heterocycles. The molecule has 4 heteroatoms. The summed E-state index contributed by atoms with van der Waals surface area (Å²) in [5.41, 5.74) is 8.28. The number of hydrogen-bond donors (Lipinski definition) is 1. The molecule has 0 fully saturated rings. The fraction of sp³-hybridized carbons (Fsp3) is 0.0625. The van der Waals surface area contributed by atoms with Gasteiger partial charge in [0.2, 0.25) is 0 Å². The van der Waals surface area contributed by atoms with E-state index in [1.807, 2.05) is 42.1 Å². The highest BCUT2D eigenvalue weighted by Gasteiger charge is 2.19. The Balaban J connectivity index is 2.24. The highest BCUT2D eigenvalue weighted by molar-refractivity contribution is 6.36. The topological polar surface area (TPSA) is 48.0 Å². The Kier molecular flexibility index (Phi) is 2.99. The molecule has 20 heavy (non-hydrogen) atoms. The molecule has 0 saturated heterocycles. The molecule has 0 radical (unpaired) electrons. The molecule has 3 nitrogen and oxygen atoms in total. The molecule has 2 aromatic carbocycles. The smallest absolute Gasteiger partial charge is 0.198 e. The molecule has 0 atom stereocenters. The van der Waals surface area contributed by atoms with Gasteiger partial charge < -0.3 is 10.3 Å². The number of nitrogens with two attached hydrogens (primary N) is 1. The summed E-state index contributed by atoms with van der Waals surface area (Å²) in [6.45, 7) is 0. The summed E-state index contributed by atoms with van der Waals surface area (Å²) in [7, 11) is 1.91. The van der Waals surface area contributed by atoms with Crippen LogP contribution in [0.1, 0.15) is 15.9 Å². The fourth-order valence-electron chi connectivity index (χ4n) is 2.44. The molecule has 2 N–H and O–H groups in total. The third-order valence-electron chi connectivity index (χ3n) is 3.41. The lowest BCUT2D eigenvalue weighted by molar-refractivity contribution is 0.104. The number of carbonyl (C=O) groups excluding carboxylic acids is 1. The van der Waals surface area contributed by atoms with Gasteiger partial charge in [0.15, 0.2) is 5.78 Å². The van der Waals surface area contributed by atoms with Crippen molar-refractivity contribution in [3.63, 3.8) is 0 Å². The van der Waals surface area contributed by atoms with Gasteiger partial charge in [0.05, 0.1) is 10.6 Å². The first-order valence-electron chi connectivity index (χ1n) is 6.22. The number of carbonyl (C=O) groups is 1. The van der Waals surface area contributed by atoms with E-state index in [-0.39, 0.29) is 5.78 Å². The molecule has 0 amide bonds. The summed E-state index contributed by atoms with van der Waals surface area (Å²) < 4.78 is 1.93. The van der Waals surface area contributed by atoms with Gasteiger partial charge in [-0.1, -0.05) is 35.9 Å². The number of nitrogens with zero attached hydrogens (tertiary/aromatic N) is 1. The third kappa shape index (κ3) is 1.87. The normalized spacial score (nSPS) is 10.9. The van der Waals surface area contributed by atoms with E-state index in [4.69, 9.17) is 17.3 Å². The lowest BCUT2D eigenvalue weighted by Crippen LogP contribution is -2.05. The lowest BCUT2D eigenvalue weighted by atomic mass is 10.0. The average molecular weight is 285 g/mol. The van der Waals surface area contributed by atoms with E-state index in [1.165, 1.54) is 0 Å². The fourth-order valence-corrected chi connectivity index (χ4v) is 2.71. The van der Waals surface area contributed by atoms with Crippen LogP contribution in [0.15, 0.2) is 48.7 Å². The van der Waals surface area contributed by atoms with Crippen LogP contribution < -0.4 is 5.73 Å². The second kappa shape index (κ2) is 4.69. The van der Waals surface area contributed by atoms with Crippen molar-refractivity contribution in [1.82, 2.24) is 4.57 Å². The predicted molar refractivity (Wildman–Crippen MR) is 82.2 cm³/mol. The van der Waals surface area contributed by atoms with Gasteiger partial charge in [-0.15, -0.1) is 0 Å². The van der Waals surface area contributed by atoms with E-state index < -0.39 is 0 Å². The van der Waals surface area contributed by atoms with Crippen LogP contribution in [0.25, 0.3) is 10.9 Å². The van der Waals surface area contributed by atoms with E-state index in [2.05, 4.69) is 0 Å². The molecule has 1 aromatic heterocycles. The first kappa shape index (κ1) is 12.8. The quantitative estimate of drug-likeness (QED) is 0.577. The third-order valence-corrected chi connectivity index (χ3v) is 3.73. The van der Waals surface area contributed by atoms with E-state index in [0.29, 0.717) is 21.8 Å². The van der Waals surface area contributed by atoms with Crippen LogP contribution in [0.4, 0.5) is 5.69 Å². The zero-order chi connectivity index (χ0) is 14.3. The zero-order valence-corrected chi connectivity index (χ0v) is 11.7. The molecule has 1 heterocycles. The number of nitrogen functional groups attached to an aromatic ring is 1. The average Bonchev–Trinajstić information content (AvgIpc) is 2.76. The Labute approximate surface area is 121 Å². The highest BCUT2D eigenvalue weighted by Crippen LogP contribution is 2.29. The maximum absolute atomic E-state index is 12.7. The lowest BCUT2D eigenvalue weighted by Gasteiger charge is -2.06. The standard InChI is InChI=1S/C16H13ClN2O/c1-19-9-11(10-5-2-3-8-14(10)19)16(20)15-12(17)6-4-7-13(15)18/h2-9H,18H2,1H3. The summed E-state index contributed by atoms with van der Waals surface area (Å²) in [5, 5.41) is 1.28. The molecule has 0 unspecified atom stereocenters. The monoisotopic (exact) mass is 284 g/mol. The minimum absolute atomic E-state index is 0.148. The van der Waals surface area contributed by atoms with Crippen molar-refractivity contribution in [2.24, 2.45) is 7.05 Å². The van der Waals surface area contributed by atoms with E-state index in [0.717, 1.165) is 10.9 Å². The van der Waals surface area contributed by atoms with Crippen LogP contribution in [-0.2, 0) is 7.05 Å². The molecular formula is C16H13ClN2O. The number of aryl methyl sites for hydroxylation is 1. The summed E-state index contributed by atoms with van der Waals surface area (Å²) in [4.78, 5) is 12.7. The Hall–Kier alpha value is -2.26. The van der Waals surface area contributed by atoms with Crippen molar-refractivity contribution in [2.45, 2.75) is 0 Å². The first-order valence-corrected chi connectivity index (χ1v) is 6.60. The van der Waals surface area contributed by atoms with Gasteiger partial charge in [0, 0.05) is 35.4 Å². The summed E-state index contributed by atoms with van der Waals surface area (Å²) in [6, 6.07) is 12.9. The Morgan fingerprint density at radius 2 is 1.90 bits per heavy atom. The second-order valence-corrected chi connectivity index (χ2v) is 5.11. The van der Waals surface area contributed by atoms with Gasteiger partial charge in [-0.2, -0.15) is 0 Å². The number of halogens is 1. The van der Waals surface area contributed by atoms with Gasteiger partial charge in [-0.3, -0.25) is 4.79 Å². The van der Waals surface area contributed by atoms with E-state index in [9.17, 15) is 4.79 Å². The zero-order valence-electron chi connectivity index (χ0n) is 10.9. The summed E-state index contributed by atoms with van der Waals surface area (Å²) in [5.74, 6) is -0.148. The number of ketones is 1. The molecule has 3 rings (SSSR count). The molecule has 3 aromatic rings. The Bertz CT molecular complexity index is 800. The maximum Gasteiger partial charge on any atom is 0.198 e. The van der Waals surface area contributed by atoms with Crippen molar-refractivity contribution in [2.75, 3.05) is 5.73 Å². The van der Waals surface area contributed by atoms with Gasteiger partial charge in [0.1, 0.15) is 0 Å². The van der Waals surface area contributed by atoms with Crippen molar-refractivity contribution in [3.8, 4) is 0 Å². The van der Waals surface area contributed by atoms with Crippen LogP contribution >= 0.6 is 11.6 Å². The number of para-hydroxylation sites is 1. The largest absolute Gasteiger partial charge is 0.398 e. The molecule has 100 valence electrons. The van der Waals surface area contributed by atoms with Gasteiger partial charge in [-0.25, -0.2) is 0 Å². The van der Waals surface area contributed by atoms with Gasteiger partial charge >= 0.3 is 0 Å². The van der Waals surface area contributed by atoms with Crippen LogP contribution in [0.3, 0.4) is 0 Å². The number of hydrogen-bond acceptors (Lipinski definition) is 2. The molecule has 0 aliphatic carbocycles. The van der Waals surface area contributed by atoms with Crippen molar-refractivity contribution in [1.29, 1.82) is 0 Å². The van der Waals surface area contributed by atoms with Crippen LogP contribution in [0.2, 0.25) is 5.02 Å². The molecule has 0 aliphatic rings. The second-order valence-electron chi connectivity index (χ2n) is 4.70. The number of anilines is 1. The van der Waals surface area contributed by atoms with Crippen LogP contribution in [0, 0.1) is 0 Å². The van der Waals surface area contributed by atoms with Crippen LogP contribution in [-0.4, -0.2) is 10.4 Å². The molecule has 0 bridgehead atoms. The van der Waals surface area contributed by atoms with Crippen molar-refractivity contribution >= 4 is 34.0 Å². The number of fused-ring (bicyclic) bond motifs is 1.